The van der Waals surface area contributed by atoms with E-state index in [0.717, 1.165) is 11.0 Å². The average Bonchev–Trinajstić information content (AvgIpc) is 2.41. The van der Waals surface area contributed by atoms with Crippen molar-refractivity contribution in [3.8, 4) is 0 Å². The number of benzene rings is 1. The predicted octanol–water partition coefficient (Wildman–Crippen LogP) is 3.46. The number of hydrogen-bond donors (Lipinski definition) is 1. The normalized spacial score (nSPS) is 11.7. The molecule has 1 heterocycles. The number of pyridine rings is 1. The second kappa shape index (κ2) is 6.07. The minimum Gasteiger partial charge on any atom is -0.278 e. The van der Waals surface area contributed by atoms with Crippen LogP contribution in [-0.4, -0.2) is 13.4 Å². The second-order valence-electron chi connectivity index (χ2n) is 4.13. The molecule has 0 aliphatic heterocycles. The third-order valence-electron chi connectivity index (χ3n) is 2.54. The fraction of sp³-hybridized carbons (Fsp3) is 0.0714. The maximum absolute atomic E-state index is 12.0. The number of rotatable bonds is 4. The molecule has 0 saturated carbocycles. The van der Waals surface area contributed by atoms with Crippen molar-refractivity contribution in [3.05, 3.63) is 64.3 Å². The van der Waals surface area contributed by atoms with Crippen molar-refractivity contribution in [2.45, 2.75) is 6.92 Å². The van der Waals surface area contributed by atoms with Gasteiger partial charge in [0.15, 0.2) is 0 Å². The van der Waals surface area contributed by atoms with Crippen LogP contribution in [-0.2, 0) is 10.0 Å². The Hall–Kier alpha value is -1.85. The lowest BCUT2D eigenvalue weighted by atomic mass is 10.2. The lowest BCUT2D eigenvalue weighted by Gasteiger charge is -2.07. The Balaban J connectivity index is 2.17. The molecule has 6 heteroatoms. The molecule has 20 heavy (non-hydrogen) atoms. The van der Waals surface area contributed by atoms with Crippen LogP contribution in [0.25, 0.3) is 6.08 Å². The lowest BCUT2D eigenvalue weighted by molar-refractivity contribution is 0.609. The summed E-state index contributed by atoms with van der Waals surface area (Å²) in [7, 11) is -3.58. The zero-order chi connectivity index (χ0) is 14.6. The minimum absolute atomic E-state index is 0.324. The van der Waals surface area contributed by atoms with Crippen LogP contribution in [0.4, 0.5) is 5.69 Å². The molecule has 0 aliphatic rings. The highest BCUT2D eigenvalue weighted by Gasteiger charge is 2.08. The van der Waals surface area contributed by atoms with E-state index in [2.05, 4.69) is 9.71 Å². The van der Waals surface area contributed by atoms with Crippen LogP contribution in [0.1, 0.15) is 11.3 Å². The Morgan fingerprint density at radius 2 is 1.85 bits per heavy atom. The van der Waals surface area contributed by atoms with E-state index in [4.69, 9.17) is 11.6 Å². The van der Waals surface area contributed by atoms with Crippen molar-refractivity contribution in [3.63, 3.8) is 0 Å². The first kappa shape index (κ1) is 14.6. The van der Waals surface area contributed by atoms with Gasteiger partial charge in [0.05, 0.1) is 16.8 Å². The van der Waals surface area contributed by atoms with Gasteiger partial charge in [0.25, 0.3) is 10.0 Å². The van der Waals surface area contributed by atoms with Gasteiger partial charge >= 0.3 is 0 Å². The second-order valence-corrected chi connectivity index (χ2v) is 6.08. The van der Waals surface area contributed by atoms with Crippen molar-refractivity contribution in [1.82, 2.24) is 4.98 Å². The Kier molecular flexibility index (Phi) is 4.42. The van der Waals surface area contributed by atoms with Gasteiger partial charge in [-0.05, 0) is 30.7 Å². The smallest absolute Gasteiger partial charge is 0.255 e. The molecule has 104 valence electrons. The quantitative estimate of drug-likeness (QED) is 0.880. The Labute approximate surface area is 123 Å². The summed E-state index contributed by atoms with van der Waals surface area (Å²) in [5.74, 6) is 0. The maximum Gasteiger partial charge on any atom is 0.255 e. The molecule has 0 saturated heterocycles. The number of anilines is 1. The number of hydrogen-bond acceptors (Lipinski definition) is 3. The molecular weight excluding hydrogens is 296 g/mol. The summed E-state index contributed by atoms with van der Waals surface area (Å²) in [6.45, 7) is 1.69. The minimum atomic E-state index is -3.58. The number of aryl methyl sites for hydroxylation is 1. The largest absolute Gasteiger partial charge is 0.278 e. The molecule has 0 aliphatic carbocycles. The lowest BCUT2D eigenvalue weighted by Crippen LogP contribution is -2.10. The monoisotopic (exact) mass is 308 g/mol. The van der Waals surface area contributed by atoms with E-state index in [0.29, 0.717) is 16.5 Å². The molecule has 1 aromatic heterocycles. The molecular formula is C14H13ClN2O2S. The molecule has 0 unspecified atom stereocenters. The van der Waals surface area contributed by atoms with Gasteiger partial charge in [0, 0.05) is 0 Å². The molecule has 1 aromatic carbocycles. The van der Waals surface area contributed by atoms with Gasteiger partial charge in [-0.1, -0.05) is 41.9 Å². The summed E-state index contributed by atoms with van der Waals surface area (Å²) >= 11 is 5.73. The van der Waals surface area contributed by atoms with Gasteiger partial charge in [-0.2, -0.15) is 0 Å². The highest BCUT2D eigenvalue weighted by atomic mass is 35.5. The van der Waals surface area contributed by atoms with Crippen molar-refractivity contribution >= 4 is 33.4 Å². The van der Waals surface area contributed by atoms with Crippen LogP contribution in [0, 0.1) is 6.92 Å². The van der Waals surface area contributed by atoms with Gasteiger partial charge in [0.2, 0.25) is 0 Å². The zero-order valence-corrected chi connectivity index (χ0v) is 12.3. The predicted molar refractivity (Wildman–Crippen MR) is 82.0 cm³/mol. The summed E-state index contributed by atoms with van der Waals surface area (Å²) in [4.78, 5) is 3.99. The molecule has 0 fully saturated rings. The Bertz CT molecular complexity index is 728. The maximum atomic E-state index is 12.0. The third kappa shape index (κ3) is 4.08. The number of aromatic nitrogens is 1. The van der Waals surface area contributed by atoms with Gasteiger partial charge in [-0.25, -0.2) is 13.4 Å². The summed E-state index contributed by atoms with van der Waals surface area (Å²) in [6.07, 6.45) is 1.53. The van der Waals surface area contributed by atoms with E-state index in [9.17, 15) is 8.42 Å². The fourth-order valence-electron chi connectivity index (χ4n) is 1.56. The standard InChI is InChI=1S/C14H13ClN2O2S/c1-11-13(7-8-14(15)16-11)17-20(18,19)10-9-12-5-3-2-4-6-12/h2-10,17H,1H3/b10-9+. The van der Waals surface area contributed by atoms with Gasteiger partial charge < -0.3 is 0 Å². The van der Waals surface area contributed by atoms with Crippen LogP contribution < -0.4 is 4.72 Å². The topological polar surface area (TPSA) is 59.1 Å². The van der Waals surface area contributed by atoms with E-state index >= 15 is 0 Å². The van der Waals surface area contributed by atoms with Crippen molar-refractivity contribution in [2.75, 3.05) is 4.72 Å². The third-order valence-corrected chi connectivity index (χ3v) is 3.75. The zero-order valence-electron chi connectivity index (χ0n) is 10.7. The van der Waals surface area contributed by atoms with Crippen molar-refractivity contribution in [2.24, 2.45) is 0 Å². The van der Waals surface area contributed by atoms with E-state index in [1.807, 2.05) is 30.3 Å². The Morgan fingerprint density at radius 3 is 2.50 bits per heavy atom. The number of sulfonamides is 1. The Morgan fingerprint density at radius 1 is 1.15 bits per heavy atom. The van der Waals surface area contributed by atoms with Crippen LogP contribution in [0.5, 0.6) is 0 Å². The summed E-state index contributed by atoms with van der Waals surface area (Å²) in [5, 5.41) is 1.45. The highest BCUT2D eigenvalue weighted by Crippen LogP contribution is 2.17. The first-order chi connectivity index (χ1) is 9.46. The first-order valence-electron chi connectivity index (χ1n) is 5.85. The fourth-order valence-corrected chi connectivity index (χ4v) is 2.67. The van der Waals surface area contributed by atoms with E-state index < -0.39 is 10.0 Å². The first-order valence-corrected chi connectivity index (χ1v) is 7.78. The van der Waals surface area contributed by atoms with E-state index in [-0.39, 0.29) is 0 Å². The summed E-state index contributed by atoms with van der Waals surface area (Å²) < 4.78 is 26.4. The van der Waals surface area contributed by atoms with Crippen molar-refractivity contribution < 1.29 is 8.42 Å². The van der Waals surface area contributed by atoms with E-state index in [1.165, 1.54) is 12.1 Å². The van der Waals surface area contributed by atoms with Crippen LogP contribution in [0.2, 0.25) is 5.15 Å². The average molecular weight is 309 g/mol. The van der Waals surface area contributed by atoms with Crippen molar-refractivity contribution in [1.29, 1.82) is 0 Å². The molecule has 2 rings (SSSR count). The van der Waals surface area contributed by atoms with Gasteiger partial charge in [0.1, 0.15) is 5.15 Å². The summed E-state index contributed by atoms with van der Waals surface area (Å²) in [5.41, 5.74) is 1.74. The van der Waals surface area contributed by atoms with Gasteiger partial charge in [-0.3, -0.25) is 4.72 Å². The molecule has 4 nitrogen and oxygen atoms in total. The molecule has 0 amide bonds. The SMILES string of the molecule is Cc1nc(Cl)ccc1NS(=O)(=O)/C=C/c1ccccc1. The molecule has 0 spiro atoms. The van der Waals surface area contributed by atoms with Crippen LogP contribution in [0.15, 0.2) is 47.9 Å². The molecule has 0 atom stereocenters. The van der Waals surface area contributed by atoms with Crippen LogP contribution >= 0.6 is 11.6 Å². The number of nitrogens with zero attached hydrogens (tertiary/aromatic N) is 1. The number of nitrogens with one attached hydrogen (secondary N) is 1. The molecule has 0 bridgehead atoms. The highest BCUT2D eigenvalue weighted by molar-refractivity contribution is 7.95. The van der Waals surface area contributed by atoms with E-state index in [1.54, 1.807) is 13.0 Å². The molecule has 0 radical (unpaired) electrons. The van der Waals surface area contributed by atoms with Crippen LogP contribution in [0.3, 0.4) is 0 Å². The summed E-state index contributed by atoms with van der Waals surface area (Å²) in [6, 6.07) is 12.3. The molecule has 2 aromatic rings. The number of halogens is 1. The van der Waals surface area contributed by atoms with Gasteiger partial charge in [-0.15, -0.1) is 0 Å². The molecule has 1 N–H and O–H groups in total.